The van der Waals surface area contributed by atoms with Gasteiger partial charge in [0.15, 0.2) is 9.84 Å². The number of rotatable bonds is 3. The Hall–Kier alpha value is -2.34. The molecule has 1 heterocycles. The Morgan fingerprint density at radius 3 is 2.58 bits per heavy atom. The lowest BCUT2D eigenvalue weighted by Crippen LogP contribution is -2.15. The molecule has 0 aliphatic carbocycles. The molecule has 3 rings (SSSR count). The molecule has 0 saturated heterocycles. The van der Waals surface area contributed by atoms with Crippen LogP contribution in [0.2, 0.25) is 0 Å². The summed E-state index contributed by atoms with van der Waals surface area (Å²) >= 11 is 0. The number of nitrogens with one attached hydrogen (secondary N) is 1. The van der Waals surface area contributed by atoms with Gasteiger partial charge in [0.1, 0.15) is 0 Å². The van der Waals surface area contributed by atoms with Crippen molar-refractivity contribution in [2.24, 2.45) is 0 Å². The summed E-state index contributed by atoms with van der Waals surface area (Å²) in [5.74, 6) is -0.204. The van der Waals surface area contributed by atoms with Crippen molar-refractivity contribution in [3.63, 3.8) is 0 Å². The number of benzene rings is 2. The molecule has 0 fully saturated rings. The van der Waals surface area contributed by atoms with Crippen LogP contribution in [-0.4, -0.2) is 34.2 Å². The fraction of sp³-hybridized carbons (Fsp3) is 0.278. The third-order valence-corrected chi connectivity index (χ3v) is 5.56. The molecule has 0 aromatic heterocycles. The van der Waals surface area contributed by atoms with Gasteiger partial charge < -0.3 is 10.2 Å². The maximum Gasteiger partial charge on any atom is 0.255 e. The van der Waals surface area contributed by atoms with Gasteiger partial charge in [0.2, 0.25) is 0 Å². The zero-order valence-electron chi connectivity index (χ0n) is 14.0. The topological polar surface area (TPSA) is 66.5 Å². The van der Waals surface area contributed by atoms with Crippen molar-refractivity contribution in [1.29, 1.82) is 0 Å². The van der Waals surface area contributed by atoms with Crippen LogP contribution in [0.1, 0.15) is 21.5 Å². The second kappa shape index (κ2) is 5.94. The molecule has 5 nitrogen and oxygen atoms in total. The maximum atomic E-state index is 12.5. The highest BCUT2D eigenvalue weighted by atomic mass is 32.2. The molecule has 1 aliphatic heterocycles. The van der Waals surface area contributed by atoms with Crippen LogP contribution in [0.15, 0.2) is 41.3 Å². The third-order valence-electron chi connectivity index (χ3n) is 4.31. The van der Waals surface area contributed by atoms with Crippen molar-refractivity contribution in [3.8, 4) is 0 Å². The number of hydrogen-bond donors (Lipinski definition) is 1. The van der Waals surface area contributed by atoms with Gasteiger partial charge in [0, 0.05) is 36.8 Å². The molecule has 0 bridgehead atoms. The van der Waals surface area contributed by atoms with Gasteiger partial charge in [-0.25, -0.2) is 8.42 Å². The van der Waals surface area contributed by atoms with Gasteiger partial charge in [-0.05, 0) is 54.8 Å². The van der Waals surface area contributed by atoms with E-state index in [0.717, 1.165) is 18.7 Å². The van der Waals surface area contributed by atoms with Gasteiger partial charge in [-0.15, -0.1) is 0 Å². The van der Waals surface area contributed by atoms with Gasteiger partial charge in [0.25, 0.3) is 5.91 Å². The lowest BCUT2D eigenvalue weighted by Gasteiger charge is -2.13. The van der Waals surface area contributed by atoms with E-state index in [0.29, 0.717) is 16.8 Å². The predicted molar refractivity (Wildman–Crippen MR) is 95.7 cm³/mol. The Morgan fingerprint density at radius 1 is 1.17 bits per heavy atom. The quantitative estimate of drug-likeness (QED) is 0.929. The molecule has 1 N–H and O–H groups in total. The second-order valence-corrected chi connectivity index (χ2v) is 8.21. The first kappa shape index (κ1) is 16.5. The number of likely N-dealkylation sites (N-methyl/N-ethyl adjacent to an activating group) is 1. The number of fused-ring (bicyclic) bond motifs is 1. The van der Waals surface area contributed by atoms with Crippen LogP contribution in [0.4, 0.5) is 11.4 Å². The van der Waals surface area contributed by atoms with E-state index in [1.54, 1.807) is 19.1 Å². The number of carbonyl (C=O) groups is 1. The summed E-state index contributed by atoms with van der Waals surface area (Å²) in [5.41, 5.74) is 4.13. The molecule has 0 saturated carbocycles. The molecule has 2 aromatic rings. The minimum atomic E-state index is -3.26. The normalized spacial score (nSPS) is 13.7. The van der Waals surface area contributed by atoms with Crippen LogP contribution in [0, 0.1) is 6.92 Å². The highest BCUT2D eigenvalue weighted by Crippen LogP contribution is 2.28. The Balaban J connectivity index is 1.83. The number of hydrogen-bond acceptors (Lipinski definition) is 4. The van der Waals surface area contributed by atoms with Gasteiger partial charge >= 0.3 is 0 Å². The SMILES string of the molecule is Cc1cc(NC(=O)c2ccc3c(c2)N(C)CC3)ccc1S(C)(=O)=O. The number of carbonyl (C=O) groups excluding carboxylic acids is 1. The number of anilines is 2. The highest BCUT2D eigenvalue weighted by Gasteiger charge is 2.18. The number of nitrogens with zero attached hydrogens (tertiary/aromatic N) is 1. The Morgan fingerprint density at radius 2 is 1.92 bits per heavy atom. The van der Waals surface area contributed by atoms with Gasteiger partial charge in [-0.2, -0.15) is 0 Å². The van der Waals surface area contributed by atoms with Crippen molar-refractivity contribution >= 4 is 27.1 Å². The van der Waals surface area contributed by atoms with Crippen molar-refractivity contribution < 1.29 is 13.2 Å². The summed E-state index contributed by atoms with van der Waals surface area (Å²) in [6.07, 6.45) is 2.18. The standard InChI is InChI=1S/C18H20N2O3S/c1-12-10-15(6-7-17(12)24(3,22)23)19-18(21)14-5-4-13-8-9-20(2)16(13)11-14/h4-7,10-11H,8-9H2,1-3H3,(H,19,21). The van der Waals surface area contributed by atoms with E-state index in [4.69, 9.17) is 0 Å². The number of aryl methyl sites for hydroxylation is 1. The summed E-state index contributed by atoms with van der Waals surface area (Å²) in [5, 5.41) is 2.83. The van der Waals surface area contributed by atoms with Crippen LogP contribution < -0.4 is 10.2 Å². The van der Waals surface area contributed by atoms with Crippen LogP contribution in [-0.2, 0) is 16.3 Å². The van der Waals surface area contributed by atoms with Crippen molar-refractivity contribution in [2.75, 3.05) is 30.1 Å². The molecule has 0 unspecified atom stereocenters. The first-order chi connectivity index (χ1) is 11.3. The molecule has 0 spiro atoms. The zero-order chi connectivity index (χ0) is 17.5. The number of amides is 1. The summed E-state index contributed by atoms with van der Waals surface area (Å²) in [6.45, 7) is 2.68. The van der Waals surface area contributed by atoms with Gasteiger partial charge in [-0.1, -0.05) is 6.07 Å². The largest absolute Gasteiger partial charge is 0.374 e. The fourth-order valence-corrected chi connectivity index (χ4v) is 3.99. The molecule has 1 amide bonds. The summed E-state index contributed by atoms with van der Waals surface area (Å²) < 4.78 is 23.3. The number of sulfone groups is 1. The molecule has 0 atom stereocenters. The lowest BCUT2D eigenvalue weighted by atomic mass is 10.1. The van der Waals surface area contributed by atoms with E-state index >= 15 is 0 Å². The Kier molecular flexibility index (Phi) is 4.09. The average molecular weight is 344 g/mol. The van der Waals surface area contributed by atoms with E-state index < -0.39 is 9.84 Å². The van der Waals surface area contributed by atoms with Gasteiger partial charge in [-0.3, -0.25) is 4.79 Å². The zero-order valence-corrected chi connectivity index (χ0v) is 14.8. The van der Waals surface area contributed by atoms with Crippen molar-refractivity contribution in [1.82, 2.24) is 0 Å². The molecule has 6 heteroatoms. The smallest absolute Gasteiger partial charge is 0.255 e. The molecule has 0 radical (unpaired) electrons. The van der Waals surface area contributed by atoms with Crippen LogP contribution in [0.25, 0.3) is 0 Å². The summed E-state index contributed by atoms with van der Waals surface area (Å²) in [7, 11) is -1.25. The fourth-order valence-electron chi connectivity index (χ4n) is 3.03. The van der Waals surface area contributed by atoms with E-state index in [1.165, 1.54) is 17.9 Å². The molecule has 24 heavy (non-hydrogen) atoms. The average Bonchev–Trinajstić information content (AvgIpc) is 2.87. The minimum Gasteiger partial charge on any atom is -0.374 e. The monoisotopic (exact) mass is 344 g/mol. The van der Waals surface area contributed by atoms with Crippen molar-refractivity contribution in [3.05, 3.63) is 53.1 Å². The maximum absolute atomic E-state index is 12.5. The molecular formula is C18H20N2O3S. The molecule has 2 aromatic carbocycles. The highest BCUT2D eigenvalue weighted by molar-refractivity contribution is 7.90. The van der Waals surface area contributed by atoms with E-state index in [1.807, 2.05) is 25.2 Å². The lowest BCUT2D eigenvalue weighted by molar-refractivity contribution is 0.102. The molecular weight excluding hydrogens is 324 g/mol. The first-order valence-corrected chi connectivity index (χ1v) is 9.61. The summed E-state index contributed by atoms with van der Waals surface area (Å²) in [4.78, 5) is 14.9. The van der Waals surface area contributed by atoms with Crippen molar-refractivity contribution in [2.45, 2.75) is 18.2 Å². The Labute approximate surface area is 142 Å². The minimum absolute atomic E-state index is 0.204. The Bertz CT molecular complexity index is 920. The molecule has 126 valence electrons. The van der Waals surface area contributed by atoms with E-state index in [-0.39, 0.29) is 10.8 Å². The van der Waals surface area contributed by atoms with Crippen LogP contribution >= 0.6 is 0 Å². The van der Waals surface area contributed by atoms with E-state index in [2.05, 4.69) is 10.2 Å². The predicted octanol–water partition coefficient (Wildman–Crippen LogP) is 2.64. The summed E-state index contributed by atoms with van der Waals surface area (Å²) in [6, 6.07) is 10.5. The van der Waals surface area contributed by atoms with E-state index in [9.17, 15) is 13.2 Å². The van der Waals surface area contributed by atoms with Gasteiger partial charge in [0.05, 0.1) is 4.90 Å². The molecule has 1 aliphatic rings. The first-order valence-electron chi connectivity index (χ1n) is 7.72. The van der Waals surface area contributed by atoms with Crippen LogP contribution in [0.3, 0.4) is 0 Å². The second-order valence-electron chi connectivity index (χ2n) is 6.22. The van der Waals surface area contributed by atoms with Crippen LogP contribution in [0.5, 0.6) is 0 Å². The third kappa shape index (κ3) is 3.14.